The number of halogens is 1. The van der Waals surface area contributed by atoms with E-state index < -0.39 is 0 Å². The number of aldehydes is 1. The molecule has 1 aliphatic rings. The van der Waals surface area contributed by atoms with E-state index >= 15 is 0 Å². The van der Waals surface area contributed by atoms with Crippen molar-refractivity contribution in [3.05, 3.63) is 34.6 Å². The Balaban J connectivity index is 2.37. The minimum atomic E-state index is -0.217. The first kappa shape index (κ1) is 11.3. The molecule has 2 nitrogen and oxygen atoms in total. The number of hydrogen-bond donors (Lipinski definition) is 1. The molecular formula is C13H16FNO. The highest BCUT2D eigenvalue weighted by molar-refractivity contribution is 5.78. The van der Waals surface area contributed by atoms with Crippen LogP contribution in [0, 0.1) is 12.7 Å². The molecule has 2 rings (SSSR count). The third kappa shape index (κ3) is 2.14. The van der Waals surface area contributed by atoms with Crippen LogP contribution in [0.15, 0.2) is 12.1 Å². The van der Waals surface area contributed by atoms with Gasteiger partial charge in [-0.05, 0) is 55.5 Å². The van der Waals surface area contributed by atoms with Crippen molar-refractivity contribution in [2.75, 3.05) is 13.1 Å². The molecule has 0 amide bonds. The number of benzene rings is 1. The van der Waals surface area contributed by atoms with E-state index in [2.05, 4.69) is 5.32 Å². The summed E-state index contributed by atoms with van der Waals surface area (Å²) in [5.41, 5.74) is 2.02. The van der Waals surface area contributed by atoms with Crippen LogP contribution >= 0.6 is 0 Å². The highest BCUT2D eigenvalue weighted by Gasteiger charge is 2.19. The maximum absolute atomic E-state index is 13.5. The molecule has 1 atom stereocenters. The summed E-state index contributed by atoms with van der Waals surface area (Å²) in [4.78, 5) is 11.0. The molecule has 1 aromatic carbocycles. The van der Waals surface area contributed by atoms with Gasteiger partial charge in [0, 0.05) is 12.1 Å². The Morgan fingerprint density at radius 1 is 1.50 bits per heavy atom. The second kappa shape index (κ2) is 4.74. The number of carbonyl (C=O) groups is 1. The fraction of sp³-hybridized carbons (Fsp3) is 0.462. The SMILES string of the molecule is Cc1cc(C=O)c(C2CCCNC2)cc1F. The molecule has 1 N–H and O–H groups in total. The summed E-state index contributed by atoms with van der Waals surface area (Å²) in [6, 6.07) is 3.17. The van der Waals surface area contributed by atoms with E-state index in [0.29, 0.717) is 11.1 Å². The van der Waals surface area contributed by atoms with E-state index in [4.69, 9.17) is 0 Å². The molecule has 1 aliphatic heterocycles. The first-order valence-corrected chi connectivity index (χ1v) is 5.68. The Kier molecular flexibility index (Phi) is 3.34. The lowest BCUT2D eigenvalue weighted by Crippen LogP contribution is -2.29. The average molecular weight is 221 g/mol. The number of nitrogens with one attached hydrogen (secondary N) is 1. The standard InChI is InChI=1S/C13H16FNO/c1-9-5-11(8-16)12(6-13(9)14)10-3-2-4-15-7-10/h5-6,8,10,15H,2-4,7H2,1H3. The molecule has 1 heterocycles. The summed E-state index contributed by atoms with van der Waals surface area (Å²) < 4.78 is 13.5. The molecule has 0 aliphatic carbocycles. The van der Waals surface area contributed by atoms with Crippen LogP contribution in [0.4, 0.5) is 4.39 Å². The predicted molar refractivity (Wildman–Crippen MR) is 61.4 cm³/mol. The smallest absolute Gasteiger partial charge is 0.150 e. The maximum Gasteiger partial charge on any atom is 0.150 e. The quantitative estimate of drug-likeness (QED) is 0.777. The minimum absolute atomic E-state index is 0.217. The molecule has 0 bridgehead atoms. The van der Waals surface area contributed by atoms with Crippen LogP contribution in [-0.2, 0) is 0 Å². The first-order chi connectivity index (χ1) is 7.72. The van der Waals surface area contributed by atoms with Crippen LogP contribution in [-0.4, -0.2) is 19.4 Å². The molecule has 0 spiro atoms. The van der Waals surface area contributed by atoms with Crippen molar-refractivity contribution in [1.29, 1.82) is 0 Å². The summed E-state index contributed by atoms with van der Waals surface area (Å²) in [6.07, 6.45) is 2.94. The maximum atomic E-state index is 13.5. The van der Waals surface area contributed by atoms with E-state index in [-0.39, 0.29) is 11.7 Å². The van der Waals surface area contributed by atoms with Gasteiger partial charge >= 0.3 is 0 Å². The van der Waals surface area contributed by atoms with Crippen molar-refractivity contribution in [2.24, 2.45) is 0 Å². The van der Waals surface area contributed by atoms with E-state index in [9.17, 15) is 9.18 Å². The molecule has 1 saturated heterocycles. The number of carbonyl (C=O) groups excluding carboxylic acids is 1. The molecule has 0 aromatic heterocycles. The number of piperidine rings is 1. The van der Waals surface area contributed by atoms with Gasteiger partial charge in [-0.3, -0.25) is 4.79 Å². The van der Waals surface area contributed by atoms with Gasteiger partial charge in [-0.25, -0.2) is 4.39 Å². The monoisotopic (exact) mass is 221 g/mol. The van der Waals surface area contributed by atoms with Gasteiger partial charge in [-0.1, -0.05) is 0 Å². The minimum Gasteiger partial charge on any atom is -0.316 e. The number of aryl methyl sites for hydroxylation is 1. The van der Waals surface area contributed by atoms with Crippen LogP contribution in [0.5, 0.6) is 0 Å². The van der Waals surface area contributed by atoms with Crippen molar-refractivity contribution in [3.8, 4) is 0 Å². The summed E-state index contributed by atoms with van der Waals surface area (Å²) in [6.45, 7) is 3.54. The van der Waals surface area contributed by atoms with Gasteiger partial charge in [0.25, 0.3) is 0 Å². The van der Waals surface area contributed by atoms with Crippen molar-refractivity contribution in [2.45, 2.75) is 25.7 Å². The summed E-state index contributed by atoms with van der Waals surface area (Å²) in [7, 11) is 0. The third-order valence-electron chi connectivity index (χ3n) is 3.23. The van der Waals surface area contributed by atoms with Gasteiger partial charge in [0.15, 0.2) is 0 Å². The van der Waals surface area contributed by atoms with Crippen LogP contribution in [0.25, 0.3) is 0 Å². The highest BCUT2D eigenvalue weighted by atomic mass is 19.1. The lowest BCUT2D eigenvalue weighted by atomic mass is 9.88. The van der Waals surface area contributed by atoms with Crippen LogP contribution in [0.3, 0.4) is 0 Å². The molecule has 3 heteroatoms. The molecule has 16 heavy (non-hydrogen) atoms. The van der Waals surface area contributed by atoms with Gasteiger partial charge in [-0.15, -0.1) is 0 Å². The zero-order valence-electron chi connectivity index (χ0n) is 9.42. The lowest BCUT2D eigenvalue weighted by Gasteiger charge is -2.24. The topological polar surface area (TPSA) is 29.1 Å². The number of rotatable bonds is 2. The zero-order valence-corrected chi connectivity index (χ0v) is 9.42. The molecule has 0 radical (unpaired) electrons. The normalized spacial score (nSPS) is 20.8. The average Bonchev–Trinajstić information content (AvgIpc) is 2.33. The Bertz CT molecular complexity index is 397. The van der Waals surface area contributed by atoms with Crippen molar-refractivity contribution in [3.63, 3.8) is 0 Å². The molecule has 86 valence electrons. The van der Waals surface area contributed by atoms with E-state index in [1.54, 1.807) is 13.0 Å². The van der Waals surface area contributed by atoms with E-state index in [1.165, 1.54) is 6.07 Å². The fourth-order valence-electron chi connectivity index (χ4n) is 2.29. The molecule has 1 fully saturated rings. The lowest BCUT2D eigenvalue weighted by molar-refractivity contribution is 0.112. The fourth-order valence-corrected chi connectivity index (χ4v) is 2.29. The second-order valence-electron chi connectivity index (χ2n) is 4.39. The predicted octanol–water partition coefficient (Wildman–Crippen LogP) is 2.41. The van der Waals surface area contributed by atoms with Crippen molar-refractivity contribution in [1.82, 2.24) is 5.32 Å². The second-order valence-corrected chi connectivity index (χ2v) is 4.39. The van der Waals surface area contributed by atoms with Gasteiger partial charge < -0.3 is 5.32 Å². The Morgan fingerprint density at radius 3 is 2.94 bits per heavy atom. The van der Waals surface area contributed by atoms with Gasteiger partial charge in [0.05, 0.1) is 0 Å². The van der Waals surface area contributed by atoms with Gasteiger partial charge in [0.1, 0.15) is 12.1 Å². The molecule has 1 unspecified atom stereocenters. The van der Waals surface area contributed by atoms with Gasteiger partial charge in [0.2, 0.25) is 0 Å². The van der Waals surface area contributed by atoms with Crippen LogP contribution in [0.1, 0.15) is 40.2 Å². The van der Waals surface area contributed by atoms with Crippen LogP contribution < -0.4 is 5.32 Å². The van der Waals surface area contributed by atoms with Crippen molar-refractivity contribution >= 4 is 6.29 Å². The van der Waals surface area contributed by atoms with E-state index in [1.807, 2.05) is 0 Å². The van der Waals surface area contributed by atoms with Gasteiger partial charge in [-0.2, -0.15) is 0 Å². The Morgan fingerprint density at radius 2 is 2.31 bits per heavy atom. The third-order valence-corrected chi connectivity index (χ3v) is 3.23. The Labute approximate surface area is 94.9 Å². The zero-order chi connectivity index (χ0) is 11.5. The largest absolute Gasteiger partial charge is 0.316 e. The number of hydrogen-bond acceptors (Lipinski definition) is 2. The summed E-state index contributed by atoms with van der Waals surface area (Å²) >= 11 is 0. The summed E-state index contributed by atoms with van der Waals surface area (Å²) in [5, 5.41) is 3.28. The van der Waals surface area contributed by atoms with E-state index in [0.717, 1.165) is 37.8 Å². The van der Waals surface area contributed by atoms with Crippen molar-refractivity contribution < 1.29 is 9.18 Å². The van der Waals surface area contributed by atoms with Crippen LogP contribution in [0.2, 0.25) is 0 Å². The molecular weight excluding hydrogens is 205 g/mol. The molecule has 0 saturated carbocycles. The highest BCUT2D eigenvalue weighted by Crippen LogP contribution is 2.27. The summed E-state index contributed by atoms with van der Waals surface area (Å²) in [5.74, 6) is 0.0511. The molecule has 1 aromatic rings. The first-order valence-electron chi connectivity index (χ1n) is 5.68. The Hall–Kier alpha value is -1.22.